The lowest BCUT2D eigenvalue weighted by atomic mass is 10.1. The Morgan fingerprint density at radius 2 is 2.16 bits per heavy atom. The Morgan fingerprint density at radius 3 is 2.96 bits per heavy atom. The van der Waals surface area contributed by atoms with Crippen molar-refractivity contribution in [3.63, 3.8) is 0 Å². The zero-order valence-electron chi connectivity index (χ0n) is 14.8. The molecule has 0 radical (unpaired) electrons. The summed E-state index contributed by atoms with van der Waals surface area (Å²) in [5.41, 5.74) is 0.901. The molecule has 0 aromatic carbocycles. The van der Waals surface area contributed by atoms with Crippen molar-refractivity contribution in [2.75, 3.05) is 26.2 Å². The van der Waals surface area contributed by atoms with Gasteiger partial charge in [-0.2, -0.15) is 0 Å². The van der Waals surface area contributed by atoms with E-state index in [1.54, 1.807) is 11.1 Å². The van der Waals surface area contributed by atoms with Gasteiger partial charge in [0.1, 0.15) is 0 Å². The zero-order chi connectivity index (χ0) is 17.5. The number of aromatic nitrogens is 1. The summed E-state index contributed by atoms with van der Waals surface area (Å²) in [6.07, 6.45) is 7.29. The van der Waals surface area contributed by atoms with Gasteiger partial charge in [-0.3, -0.25) is 14.6 Å². The summed E-state index contributed by atoms with van der Waals surface area (Å²) >= 11 is 0. The first-order valence-electron chi connectivity index (χ1n) is 9.42. The maximum absolute atomic E-state index is 13.1. The van der Waals surface area contributed by atoms with Crippen molar-refractivity contribution in [2.24, 2.45) is 0 Å². The highest BCUT2D eigenvalue weighted by atomic mass is 16.2. The molecule has 0 saturated carbocycles. The average molecular weight is 344 g/mol. The van der Waals surface area contributed by atoms with Crippen LogP contribution < -0.4 is 5.32 Å². The molecule has 0 aliphatic carbocycles. The molecule has 2 aliphatic heterocycles. The van der Waals surface area contributed by atoms with Gasteiger partial charge in [0.15, 0.2) is 0 Å². The molecule has 2 amide bonds. The molecule has 25 heavy (non-hydrogen) atoms. The first-order chi connectivity index (χ1) is 12.2. The minimum Gasteiger partial charge on any atom is -0.333 e. The van der Waals surface area contributed by atoms with E-state index in [4.69, 9.17) is 0 Å². The quantitative estimate of drug-likeness (QED) is 0.880. The second-order valence-corrected chi connectivity index (χ2v) is 6.95. The minimum atomic E-state index is 0.0489. The van der Waals surface area contributed by atoms with Crippen molar-refractivity contribution in [3.05, 3.63) is 30.1 Å². The molecule has 0 bridgehead atoms. The van der Waals surface area contributed by atoms with Crippen LogP contribution in [0.5, 0.6) is 0 Å². The topological polar surface area (TPSA) is 65.5 Å². The van der Waals surface area contributed by atoms with Crippen LogP contribution in [-0.2, 0) is 16.1 Å². The van der Waals surface area contributed by atoms with Crippen molar-refractivity contribution < 1.29 is 9.59 Å². The average Bonchev–Trinajstić information content (AvgIpc) is 2.92. The molecular weight excluding hydrogens is 316 g/mol. The summed E-state index contributed by atoms with van der Waals surface area (Å²) in [6.45, 7) is 3.36. The molecule has 136 valence electrons. The van der Waals surface area contributed by atoms with Crippen LogP contribution in [0.2, 0.25) is 0 Å². The third-order valence-corrected chi connectivity index (χ3v) is 5.11. The van der Waals surface area contributed by atoms with E-state index in [0.29, 0.717) is 19.5 Å². The van der Waals surface area contributed by atoms with Crippen LogP contribution in [0.3, 0.4) is 0 Å². The normalized spacial score (nSPS) is 21.7. The minimum absolute atomic E-state index is 0.0489. The van der Waals surface area contributed by atoms with Crippen molar-refractivity contribution in [1.29, 1.82) is 0 Å². The molecule has 2 fully saturated rings. The number of rotatable bonds is 5. The molecular formula is C19H28N4O2. The van der Waals surface area contributed by atoms with Gasteiger partial charge < -0.3 is 15.1 Å². The van der Waals surface area contributed by atoms with Crippen molar-refractivity contribution >= 4 is 11.8 Å². The van der Waals surface area contributed by atoms with E-state index in [1.165, 1.54) is 0 Å². The Hall–Kier alpha value is -1.95. The van der Waals surface area contributed by atoms with E-state index in [-0.39, 0.29) is 24.4 Å². The third-order valence-electron chi connectivity index (χ3n) is 5.11. The summed E-state index contributed by atoms with van der Waals surface area (Å²) in [5, 5.41) is 3.41. The molecule has 6 nitrogen and oxygen atoms in total. The Morgan fingerprint density at radius 1 is 1.24 bits per heavy atom. The number of nitrogens with one attached hydrogen (secondary N) is 1. The van der Waals surface area contributed by atoms with E-state index in [0.717, 1.165) is 50.9 Å². The summed E-state index contributed by atoms with van der Waals surface area (Å²) < 4.78 is 0. The Balaban J connectivity index is 1.71. The summed E-state index contributed by atoms with van der Waals surface area (Å²) in [6, 6.07) is 6.01. The highest BCUT2D eigenvalue weighted by Crippen LogP contribution is 2.18. The first kappa shape index (κ1) is 17.9. The van der Waals surface area contributed by atoms with E-state index < -0.39 is 0 Å². The van der Waals surface area contributed by atoms with Gasteiger partial charge in [-0.25, -0.2) is 0 Å². The number of likely N-dealkylation sites (tertiary alicyclic amines) is 1. The highest BCUT2D eigenvalue weighted by Gasteiger charge is 2.28. The van der Waals surface area contributed by atoms with Gasteiger partial charge in [0.25, 0.3) is 0 Å². The fourth-order valence-corrected chi connectivity index (χ4v) is 3.68. The standard InChI is InChI=1S/C19H28N4O2/c24-18-8-2-4-13-22(18)15-19(25)23(14-16-6-1-3-11-21-16)17-7-5-10-20-12-9-17/h1,3,6,11,17,20H,2,4-5,7-10,12-15H2. The molecule has 0 spiro atoms. The van der Waals surface area contributed by atoms with Gasteiger partial charge in [-0.05, 0) is 57.3 Å². The maximum Gasteiger partial charge on any atom is 0.242 e. The molecule has 1 aromatic heterocycles. The van der Waals surface area contributed by atoms with Gasteiger partial charge in [-0.15, -0.1) is 0 Å². The number of hydrogen-bond acceptors (Lipinski definition) is 4. The van der Waals surface area contributed by atoms with Gasteiger partial charge >= 0.3 is 0 Å². The predicted octanol–water partition coefficient (Wildman–Crippen LogP) is 1.56. The second kappa shape index (κ2) is 8.94. The molecule has 2 aliphatic rings. The largest absolute Gasteiger partial charge is 0.333 e. The first-order valence-corrected chi connectivity index (χ1v) is 9.42. The van der Waals surface area contributed by atoms with Crippen molar-refractivity contribution in [3.8, 4) is 0 Å². The summed E-state index contributed by atoms with van der Waals surface area (Å²) in [7, 11) is 0. The molecule has 2 saturated heterocycles. The number of piperidine rings is 1. The van der Waals surface area contributed by atoms with Gasteiger partial charge in [0.2, 0.25) is 11.8 Å². The van der Waals surface area contributed by atoms with E-state index in [2.05, 4.69) is 10.3 Å². The number of pyridine rings is 1. The Bertz CT molecular complexity index is 570. The smallest absolute Gasteiger partial charge is 0.242 e. The van der Waals surface area contributed by atoms with Crippen LogP contribution in [0.4, 0.5) is 0 Å². The Labute approximate surface area is 149 Å². The second-order valence-electron chi connectivity index (χ2n) is 6.95. The lowest BCUT2D eigenvalue weighted by molar-refractivity contribution is -0.143. The molecule has 1 aromatic rings. The van der Waals surface area contributed by atoms with Crippen molar-refractivity contribution in [1.82, 2.24) is 20.1 Å². The number of amides is 2. The van der Waals surface area contributed by atoms with Crippen LogP contribution in [0.1, 0.15) is 44.2 Å². The van der Waals surface area contributed by atoms with Crippen LogP contribution in [0.25, 0.3) is 0 Å². The van der Waals surface area contributed by atoms with E-state index in [1.807, 2.05) is 23.1 Å². The summed E-state index contributed by atoms with van der Waals surface area (Å²) in [4.78, 5) is 33.2. The predicted molar refractivity (Wildman–Crippen MR) is 95.7 cm³/mol. The monoisotopic (exact) mass is 344 g/mol. The fourth-order valence-electron chi connectivity index (χ4n) is 3.68. The molecule has 1 atom stereocenters. The van der Waals surface area contributed by atoms with Crippen molar-refractivity contribution in [2.45, 2.75) is 51.1 Å². The van der Waals surface area contributed by atoms with Crippen LogP contribution in [-0.4, -0.2) is 58.8 Å². The number of carbonyl (C=O) groups excluding carboxylic acids is 2. The molecule has 3 heterocycles. The van der Waals surface area contributed by atoms with Gasteiger partial charge in [0, 0.05) is 25.2 Å². The number of hydrogen-bond donors (Lipinski definition) is 1. The third kappa shape index (κ3) is 5.01. The van der Waals surface area contributed by atoms with Gasteiger partial charge in [0.05, 0.1) is 18.8 Å². The fraction of sp³-hybridized carbons (Fsp3) is 0.632. The molecule has 1 N–H and O–H groups in total. The lowest BCUT2D eigenvalue weighted by Gasteiger charge is -2.34. The number of carbonyl (C=O) groups is 2. The maximum atomic E-state index is 13.1. The van der Waals surface area contributed by atoms with Crippen LogP contribution >= 0.6 is 0 Å². The molecule has 3 rings (SSSR count). The SMILES string of the molecule is O=C1CCCCN1CC(=O)N(Cc1ccccn1)C1CCCNCC1. The highest BCUT2D eigenvalue weighted by molar-refractivity contribution is 5.85. The van der Waals surface area contributed by atoms with Crippen LogP contribution in [0, 0.1) is 0 Å². The van der Waals surface area contributed by atoms with Gasteiger partial charge in [-0.1, -0.05) is 6.07 Å². The van der Waals surface area contributed by atoms with E-state index >= 15 is 0 Å². The summed E-state index contributed by atoms with van der Waals surface area (Å²) in [5.74, 6) is 0.160. The zero-order valence-corrected chi connectivity index (χ0v) is 14.8. The van der Waals surface area contributed by atoms with E-state index in [9.17, 15) is 9.59 Å². The van der Waals surface area contributed by atoms with Crippen LogP contribution in [0.15, 0.2) is 24.4 Å². The molecule has 6 heteroatoms. The number of nitrogens with zero attached hydrogens (tertiary/aromatic N) is 3. The Kier molecular flexibility index (Phi) is 6.39. The molecule has 1 unspecified atom stereocenters. The lowest BCUT2D eigenvalue weighted by Crippen LogP contribution is -2.48.